The Morgan fingerprint density at radius 3 is 2.68 bits per heavy atom. The van der Waals surface area contributed by atoms with Gasteiger partial charge in [-0.2, -0.15) is 0 Å². The van der Waals surface area contributed by atoms with Gasteiger partial charge in [-0.15, -0.1) is 0 Å². The summed E-state index contributed by atoms with van der Waals surface area (Å²) < 4.78 is 28.0. The number of nitrogen functional groups attached to an aromatic ring is 1. The molecule has 1 aromatic carbocycles. The van der Waals surface area contributed by atoms with Crippen LogP contribution in [0, 0.1) is 5.92 Å². The van der Waals surface area contributed by atoms with Crippen molar-refractivity contribution in [2.45, 2.75) is 43.5 Å². The van der Waals surface area contributed by atoms with Gasteiger partial charge in [0.15, 0.2) is 0 Å². The minimum atomic E-state index is -3.46. The van der Waals surface area contributed by atoms with E-state index in [1.807, 2.05) is 6.92 Å². The lowest BCUT2D eigenvalue weighted by atomic mass is 10.1. The van der Waals surface area contributed by atoms with Crippen molar-refractivity contribution in [2.75, 3.05) is 5.73 Å². The Hall–Kier alpha value is -0.590. The summed E-state index contributed by atoms with van der Waals surface area (Å²) in [6, 6.07) is 4.70. The van der Waals surface area contributed by atoms with E-state index in [2.05, 4.69) is 20.7 Å². The second kappa shape index (κ2) is 5.81. The van der Waals surface area contributed by atoms with Gasteiger partial charge in [-0.3, -0.25) is 0 Å². The summed E-state index contributed by atoms with van der Waals surface area (Å²) >= 11 is 3.25. The molecule has 19 heavy (non-hydrogen) atoms. The summed E-state index contributed by atoms with van der Waals surface area (Å²) in [6.45, 7) is 2.01. The first kappa shape index (κ1) is 14.8. The van der Waals surface area contributed by atoms with Crippen LogP contribution < -0.4 is 10.5 Å². The van der Waals surface area contributed by atoms with Gasteiger partial charge in [0.05, 0.1) is 4.90 Å². The first-order valence-corrected chi connectivity index (χ1v) is 8.77. The van der Waals surface area contributed by atoms with E-state index in [9.17, 15) is 8.42 Å². The van der Waals surface area contributed by atoms with E-state index in [0.717, 1.165) is 12.8 Å². The lowest BCUT2D eigenvalue weighted by molar-refractivity contribution is 0.495. The third kappa shape index (κ3) is 3.94. The molecule has 0 aliphatic heterocycles. The predicted octanol–water partition coefficient (Wildman–Crippen LogP) is 2.89. The minimum absolute atomic E-state index is 0.0221. The number of nitrogens with two attached hydrogens (primary N) is 1. The van der Waals surface area contributed by atoms with Crippen LogP contribution in [0.25, 0.3) is 0 Å². The molecule has 1 fully saturated rings. The zero-order chi connectivity index (χ0) is 14.0. The minimum Gasteiger partial charge on any atom is -0.398 e. The fourth-order valence-electron chi connectivity index (χ4n) is 2.02. The largest absolute Gasteiger partial charge is 0.398 e. The summed E-state index contributed by atoms with van der Waals surface area (Å²) in [5, 5.41) is 0. The van der Waals surface area contributed by atoms with E-state index >= 15 is 0 Å². The normalized spacial score (nSPS) is 17.4. The van der Waals surface area contributed by atoms with Gasteiger partial charge in [-0.25, -0.2) is 13.1 Å². The maximum Gasteiger partial charge on any atom is 0.240 e. The first-order valence-electron chi connectivity index (χ1n) is 6.49. The van der Waals surface area contributed by atoms with E-state index in [1.54, 1.807) is 12.1 Å². The molecule has 106 valence electrons. The van der Waals surface area contributed by atoms with Gasteiger partial charge >= 0.3 is 0 Å². The highest BCUT2D eigenvalue weighted by molar-refractivity contribution is 9.10. The Morgan fingerprint density at radius 2 is 2.16 bits per heavy atom. The number of rotatable bonds is 6. The smallest absolute Gasteiger partial charge is 0.240 e. The predicted molar refractivity (Wildman–Crippen MR) is 80.3 cm³/mol. The van der Waals surface area contributed by atoms with E-state index in [-0.39, 0.29) is 10.9 Å². The van der Waals surface area contributed by atoms with Gasteiger partial charge in [0, 0.05) is 16.2 Å². The second-order valence-corrected chi connectivity index (χ2v) is 7.66. The highest BCUT2D eigenvalue weighted by Gasteiger charge is 2.27. The molecule has 1 aliphatic rings. The van der Waals surface area contributed by atoms with Crippen LogP contribution in [0.2, 0.25) is 0 Å². The van der Waals surface area contributed by atoms with Crippen molar-refractivity contribution < 1.29 is 8.42 Å². The summed E-state index contributed by atoms with van der Waals surface area (Å²) in [7, 11) is -3.46. The highest BCUT2D eigenvalue weighted by atomic mass is 79.9. The van der Waals surface area contributed by atoms with Crippen molar-refractivity contribution in [3.63, 3.8) is 0 Å². The van der Waals surface area contributed by atoms with Crippen molar-refractivity contribution in [1.29, 1.82) is 0 Å². The first-order chi connectivity index (χ1) is 8.92. The molecular formula is C13H19BrN2O2S. The van der Waals surface area contributed by atoms with Crippen LogP contribution in [-0.4, -0.2) is 14.5 Å². The molecule has 0 bridgehead atoms. The molecule has 6 heteroatoms. The van der Waals surface area contributed by atoms with E-state index in [0.29, 0.717) is 16.1 Å². The van der Waals surface area contributed by atoms with E-state index in [1.165, 1.54) is 18.9 Å². The standard InChI is InChI=1S/C13H19BrN2O2S/c1-2-10(7-9-3-4-9)16-19(17,18)11-5-6-13(15)12(14)8-11/h5-6,8-10,16H,2-4,7,15H2,1H3. The van der Waals surface area contributed by atoms with Crippen LogP contribution >= 0.6 is 15.9 Å². The number of nitrogens with one attached hydrogen (secondary N) is 1. The molecular weight excluding hydrogens is 328 g/mol. The van der Waals surface area contributed by atoms with Gasteiger partial charge in [-0.05, 0) is 52.9 Å². The van der Waals surface area contributed by atoms with Crippen LogP contribution in [0.1, 0.15) is 32.6 Å². The molecule has 1 aliphatic carbocycles. The van der Waals surface area contributed by atoms with Gasteiger partial charge in [0.1, 0.15) is 0 Å². The summed E-state index contributed by atoms with van der Waals surface area (Å²) in [5.74, 6) is 0.700. The fourth-order valence-corrected chi connectivity index (χ4v) is 3.90. The van der Waals surface area contributed by atoms with Crippen molar-refractivity contribution in [2.24, 2.45) is 5.92 Å². The summed E-state index contributed by atoms with van der Waals surface area (Å²) in [6.07, 6.45) is 4.20. The number of hydrogen-bond acceptors (Lipinski definition) is 3. The Morgan fingerprint density at radius 1 is 1.47 bits per heavy atom. The Balaban J connectivity index is 2.13. The molecule has 4 nitrogen and oxygen atoms in total. The molecule has 0 radical (unpaired) electrons. The molecule has 0 amide bonds. The van der Waals surface area contributed by atoms with Crippen LogP contribution in [0.15, 0.2) is 27.6 Å². The van der Waals surface area contributed by atoms with E-state index in [4.69, 9.17) is 5.73 Å². The molecule has 2 rings (SSSR count). The molecule has 0 aromatic heterocycles. The topological polar surface area (TPSA) is 72.2 Å². The maximum absolute atomic E-state index is 12.3. The number of halogens is 1. The Kier molecular flexibility index (Phi) is 4.53. The average molecular weight is 347 g/mol. The second-order valence-electron chi connectivity index (χ2n) is 5.09. The third-order valence-corrected chi connectivity index (χ3v) is 5.62. The lowest BCUT2D eigenvalue weighted by Gasteiger charge is -2.17. The zero-order valence-corrected chi connectivity index (χ0v) is 13.3. The lowest BCUT2D eigenvalue weighted by Crippen LogP contribution is -2.34. The quantitative estimate of drug-likeness (QED) is 0.778. The Bertz CT molecular complexity index is 556. The fraction of sp³-hybridized carbons (Fsp3) is 0.538. The number of benzene rings is 1. The molecule has 1 unspecified atom stereocenters. The maximum atomic E-state index is 12.3. The number of hydrogen-bond donors (Lipinski definition) is 2. The molecule has 0 spiro atoms. The van der Waals surface area contributed by atoms with Crippen molar-refractivity contribution in [1.82, 2.24) is 4.72 Å². The molecule has 1 atom stereocenters. The zero-order valence-electron chi connectivity index (χ0n) is 10.9. The van der Waals surface area contributed by atoms with Crippen LogP contribution in [0.4, 0.5) is 5.69 Å². The Labute approximate surface area is 122 Å². The number of anilines is 1. The van der Waals surface area contributed by atoms with Crippen LogP contribution in [0.5, 0.6) is 0 Å². The molecule has 0 heterocycles. The SMILES string of the molecule is CCC(CC1CC1)NS(=O)(=O)c1ccc(N)c(Br)c1. The van der Waals surface area contributed by atoms with Crippen LogP contribution in [-0.2, 0) is 10.0 Å². The van der Waals surface area contributed by atoms with Gasteiger partial charge in [0.2, 0.25) is 10.0 Å². The van der Waals surface area contributed by atoms with Crippen LogP contribution in [0.3, 0.4) is 0 Å². The molecule has 1 saturated carbocycles. The van der Waals surface area contributed by atoms with Gasteiger partial charge < -0.3 is 5.73 Å². The summed E-state index contributed by atoms with van der Waals surface area (Å²) in [5.41, 5.74) is 6.20. The molecule has 1 aromatic rings. The van der Waals surface area contributed by atoms with Gasteiger partial charge in [-0.1, -0.05) is 19.8 Å². The van der Waals surface area contributed by atoms with Crippen molar-refractivity contribution >= 4 is 31.6 Å². The number of sulfonamides is 1. The van der Waals surface area contributed by atoms with E-state index < -0.39 is 10.0 Å². The molecule has 0 saturated heterocycles. The summed E-state index contributed by atoms with van der Waals surface area (Å²) in [4.78, 5) is 0.253. The van der Waals surface area contributed by atoms with Crippen molar-refractivity contribution in [3.05, 3.63) is 22.7 Å². The average Bonchev–Trinajstić information content (AvgIpc) is 3.15. The monoisotopic (exact) mass is 346 g/mol. The third-order valence-electron chi connectivity index (χ3n) is 3.41. The highest BCUT2D eigenvalue weighted by Crippen LogP contribution is 2.34. The molecule has 3 N–H and O–H groups in total. The van der Waals surface area contributed by atoms with Gasteiger partial charge in [0.25, 0.3) is 0 Å². The van der Waals surface area contributed by atoms with Crippen molar-refractivity contribution in [3.8, 4) is 0 Å².